The monoisotopic (exact) mass is 424 g/mol. The van der Waals surface area contributed by atoms with Gasteiger partial charge in [0.25, 0.3) is 0 Å². The molecule has 0 bridgehead atoms. The van der Waals surface area contributed by atoms with Crippen LogP contribution in [0.4, 0.5) is 0 Å². The van der Waals surface area contributed by atoms with Crippen molar-refractivity contribution < 1.29 is 13.2 Å². The summed E-state index contributed by atoms with van der Waals surface area (Å²) in [6, 6.07) is 13.9. The summed E-state index contributed by atoms with van der Waals surface area (Å²) < 4.78 is 27.0. The molecule has 0 radical (unpaired) electrons. The minimum atomic E-state index is -3.69. The van der Waals surface area contributed by atoms with E-state index in [-0.39, 0.29) is 23.4 Å². The van der Waals surface area contributed by atoms with Gasteiger partial charge in [0, 0.05) is 11.5 Å². The molecule has 0 aromatic heterocycles. The van der Waals surface area contributed by atoms with Gasteiger partial charge in [-0.2, -0.15) is 4.31 Å². The Labute approximate surface area is 157 Å². The van der Waals surface area contributed by atoms with Crippen molar-refractivity contribution in [2.45, 2.75) is 24.8 Å². The number of carbonyl (C=O) groups is 1. The van der Waals surface area contributed by atoms with Crippen molar-refractivity contribution in [3.05, 3.63) is 64.1 Å². The molecule has 0 aliphatic rings. The van der Waals surface area contributed by atoms with E-state index in [1.807, 2.05) is 38.1 Å². The standard InChI is InChI=1S/C18H21BrN2O3S/c1-13-7-9-17(10-8-13)25(23,24)21(3)12-18(22)20-14(2)15-5-4-6-16(19)11-15/h4-11,14H,12H2,1-3H3,(H,20,22). The molecule has 1 unspecified atom stereocenters. The molecule has 1 amide bonds. The fraction of sp³-hybridized carbons (Fsp3) is 0.278. The minimum absolute atomic E-state index is 0.174. The van der Waals surface area contributed by atoms with Gasteiger partial charge in [0.1, 0.15) is 0 Å². The number of benzene rings is 2. The molecular formula is C18H21BrN2O3S. The van der Waals surface area contributed by atoms with Crippen molar-refractivity contribution in [3.63, 3.8) is 0 Å². The van der Waals surface area contributed by atoms with Gasteiger partial charge < -0.3 is 5.32 Å². The molecule has 1 atom stereocenters. The summed E-state index contributed by atoms with van der Waals surface area (Å²) in [4.78, 5) is 12.4. The minimum Gasteiger partial charge on any atom is -0.348 e. The molecule has 1 N–H and O–H groups in total. The third-order valence-corrected chi connectivity index (χ3v) is 6.13. The first-order chi connectivity index (χ1) is 11.7. The highest BCUT2D eigenvalue weighted by Gasteiger charge is 2.23. The number of hydrogen-bond acceptors (Lipinski definition) is 3. The molecule has 2 rings (SSSR count). The number of halogens is 1. The highest BCUT2D eigenvalue weighted by Crippen LogP contribution is 2.18. The van der Waals surface area contributed by atoms with Crippen molar-refractivity contribution in [2.24, 2.45) is 0 Å². The summed E-state index contributed by atoms with van der Waals surface area (Å²) in [6.07, 6.45) is 0. The third-order valence-electron chi connectivity index (χ3n) is 3.82. The van der Waals surface area contributed by atoms with E-state index in [0.29, 0.717) is 0 Å². The fourth-order valence-corrected chi connectivity index (χ4v) is 3.87. The summed E-state index contributed by atoms with van der Waals surface area (Å²) in [6.45, 7) is 3.50. The first-order valence-electron chi connectivity index (χ1n) is 7.78. The smallest absolute Gasteiger partial charge is 0.243 e. The van der Waals surface area contributed by atoms with Crippen LogP contribution in [0.3, 0.4) is 0 Å². The first kappa shape index (κ1) is 19.6. The fourth-order valence-electron chi connectivity index (χ4n) is 2.32. The number of likely N-dealkylation sites (N-methyl/N-ethyl adjacent to an activating group) is 1. The number of sulfonamides is 1. The molecule has 0 aliphatic heterocycles. The predicted octanol–water partition coefficient (Wildman–Crippen LogP) is 3.26. The molecule has 7 heteroatoms. The molecule has 2 aromatic rings. The Bertz CT molecular complexity index is 851. The van der Waals surface area contributed by atoms with Crippen LogP contribution in [0, 0.1) is 6.92 Å². The van der Waals surface area contributed by atoms with Crippen LogP contribution >= 0.6 is 15.9 Å². The lowest BCUT2D eigenvalue weighted by atomic mass is 10.1. The van der Waals surface area contributed by atoms with Gasteiger partial charge in [-0.3, -0.25) is 4.79 Å². The molecule has 0 spiro atoms. The van der Waals surface area contributed by atoms with Gasteiger partial charge in [-0.25, -0.2) is 8.42 Å². The predicted molar refractivity (Wildman–Crippen MR) is 102 cm³/mol. The van der Waals surface area contributed by atoms with Crippen molar-refractivity contribution in [3.8, 4) is 0 Å². The van der Waals surface area contributed by atoms with E-state index in [1.165, 1.54) is 7.05 Å². The molecule has 0 saturated heterocycles. The number of hydrogen-bond donors (Lipinski definition) is 1. The number of nitrogens with zero attached hydrogens (tertiary/aromatic N) is 1. The molecule has 0 saturated carbocycles. The highest BCUT2D eigenvalue weighted by molar-refractivity contribution is 9.10. The van der Waals surface area contributed by atoms with E-state index in [2.05, 4.69) is 21.2 Å². The Morgan fingerprint density at radius 3 is 2.44 bits per heavy atom. The molecule has 5 nitrogen and oxygen atoms in total. The van der Waals surface area contributed by atoms with Crippen LogP contribution in [-0.2, 0) is 14.8 Å². The third kappa shape index (κ3) is 5.14. The largest absolute Gasteiger partial charge is 0.348 e. The molecular weight excluding hydrogens is 404 g/mol. The van der Waals surface area contributed by atoms with Crippen molar-refractivity contribution in [2.75, 3.05) is 13.6 Å². The normalized spacial score (nSPS) is 12.8. The Hall–Kier alpha value is -1.70. The average molecular weight is 425 g/mol. The Morgan fingerprint density at radius 2 is 1.84 bits per heavy atom. The van der Waals surface area contributed by atoms with Crippen LogP contribution in [0.25, 0.3) is 0 Å². The number of carbonyl (C=O) groups excluding carboxylic acids is 1. The molecule has 0 aliphatic carbocycles. The van der Waals surface area contributed by atoms with Gasteiger partial charge in [0.2, 0.25) is 15.9 Å². The van der Waals surface area contributed by atoms with Crippen LogP contribution < -0.4 is 5.32 Å². The number of amides is 1. The van der Waals surface area contributed by atoms with Crippen molar-refractivity contribution in [1.29, 1.82) is 0 Å². The topological polar surface area (TPSA) is 66.5 Å². The quantitative estimate of drug-likeness (QED) is 0.773. The maximum atomic E-state index is 12.5. The van der Waals surface area contributed by atoms with Crippen LogP contribution in [-0.4, -0.2) is 32.2 Å². The van der Waals surface area contributed by atoms with Crippen molar-refractivity contribution in [1.82, 2.24) is 9.62 Å². The zero-order valence-electron chi connectivity index (χ0n) is 14.4. The van der Waals surface area contributed by atoms with Crippen LogP contribution in [0.2, 0.25) is 0 Å². The number of aryl methyl sites for hydroxylation is 1. The highest BCUT2D eigenvalue weighted by atomic mass is 79.9. The van der Waals surface area contributed by atoms with Gasteiger partial charge in [-0.05, 0) is 43.7 Å². The average Bonchev–Trinajstić information content (AvgIpc) is 2.55. The molecule has 0 fully saturated rings. The SMILES string of the molecule is Cc1ccc(S(=O)(=O)N(C)CC(=O)NC(C)c2cccc(Br)c2)cc1. The van der Waals surface area contributed by atoms with E-state index in [9.17, 15) is 13.2 Å². The van der Waals surface area contributed by atoms with E-state index in [0.717, 1.165) is 19.9 Å². The van der Waals surface area contributed by atoms with Crippen LogP contribution in [0.5, 0.6) is 0 Å². The maximum Gasteiger partial charge on any atom is 0.243 e. The molecule has 0 heterocycles. The molecule has 25 heavy (non-hydrogen) atoms. The Kier molecular flexibility index (Phi) is 6.37. The Morgan fingerprint density at radius 1 is 1.20 bits per heavy atom. The lowest BCUT2D eigenvalue weighted by molar-refractivity contribution is -0.121. The van der Waals surface area contributed by atoms with Crippen LogP contribution in [0.15, 0.2) is 57.9 Å². The second-order valence-electron chi connectivity index (χ2n) is 5.92. The summed E-state index contributed by atoms with van der Waals surface area (Å²) in [5.74, 6) is -0.356. The van der Waals surface area contributed by atoms with Gasteiger partial charge >= 0.3 is 0 Å². The summed E-state index contributed by atoms with van der Waals surface area (Å²) >= 11 is 3.39. The van der Waals surface area contributed by atoms with Gasteiger partial charge in [0.15, 0.2) is 0 Å². The van der Waals surface area contributed by atoms with Gasteiger partial charge in [-0.15, -0.1) is 0 Å². The van der Waals surface area contributed by atoms with Gasteiger partial charge in [0.05, 0.1) is 17.5 Å². The molecule has 134 valence electrons. The Balaban J connectivity index is 2.03. The van der Waals surface area contributed by atoms with E-state index >= 15 is 0 Å². The lowest BCUT2D eigenvalue weighted by Gasteiger charge is -2.19. The summed E-state index contributed by atoms with van der Waals surface area (Å²) in [5.41, 5.74) is 1.91. The number of rotatable bonds is 6. The first-order valence-corrected chi connectivity index (χ1v) is 10.0. The second-order valence-corrected chi connectivity index (χ2v) is 8.88. The second kappa shape index (κ2) is 8.12. The van der Waals surface area contributed by atoms with Gasteiger partial charge in [-0.1, -0.05) is 45.8 Å². The molecule has 2 aromatic carbocycles. The number of nitrogens with one attached hydrogen (secondary N) is 1. The van der Waals surface area contributed by atoms with Crippen LogP contribution in [0.1, 0.15) is 24.1 Å². The zero-order valence-corrected chi connectivity index (χ0v) is 16.8. The van der Waals surface area contributed by atoms with E-state index in [1.54, 1.807) is 24.3 Å². The zero-order chi connectivity index (χ0) is 18.6. The summed E-state index contributed by atoms with van der Waals surface area (Å²) in [7, 11) is -2.29. The lowest BCUT2D eigenvalue weighted by Crippen LogP contribution is -2.39. The van der Waals surface area contributed by atoms with Crippen molar-refractivity contribution >= 4 is 31.9 Å². The van der Waals surface area contributed by atoms with E-state index in [4.69, 9.17) is 0 Å². The summed E-state index contributed by atoms with van der Waals surface area (Å²) in [5, 5.41) is 2.82. The van der Waals surface area contributed by atoms with E-state index < -0.39 is 10.0 Å². The maximum absolute atomic E-state index is 12.5.